The molecule has 0 spiro atoms. The fourth-order valence-corrected chi connectivity index (χ4v) is 3.52. The van der Waals surface area contributed by atoms with Gasteiger partial charge in [0.15, 0.2) is 17.6 Å². The topological polar surface area (TPSA) is 73.9 Å². The molecule has 142 valence electrons. The number of esters is 1. The Kier molecular flexibility index (Phi) is 6.25. The van der Waals surface area contributed by atoms with Gasteiger partial charge in [0.2, 0.25) is 0 Å². The van der Waals surface area contributed by atoms with E-state index in [1.807, 2.05) is 0 Å². The van der Waals surface area contributed by atoms with E-state index >= 15 is 0 Å². The largest absolute Gasteiger partial charge is 0.486 e. The van der Waals surface area contributed by atoms with Crippen molar-refractivity contribution in [3.8, 4) is 11.5 Å². The van der Waals surface area contributed by atoms with Crippen LogP contribution in [0.3, 0.4) is 0 Å². The highest BCUT2D eigenvalue weighted by atomic mass is 35.5. The average Bonchev–Trinajstić information content (AvgIpc) is 2.90. The number of amides is 1. The second-order valence-electron chi connectivity index (χ2n) is 6.73. The van der Waals surface area contributed by atoms with E-state index in [1.54, 1.807) is 6.92 Å². The summed E-state index contributed by atoms with van der Waals surface area (Å²) in [5, 5.41) is 3.27. The summed E-state index contributed by atoms with van der Waals surface area (Å²) in [6.07, 6.45) is 5.74. The van der Waals surface area contributed by atoms with Gasteiger partial charge in [0.1, 0.15) is 13.2 Å². The number of ether oxygens (including phenoxy) is 3. The van der Waals surface area contributed by atoms with Crippen LogP contribution in [0.1, 0.15) is 55.8 Å². The van der Waals surface area contributed by atoms with Gasteiger partial charge >= 0.3 is 5.97 Å². The van der Waals surface area contributed by atoms with Crippen molar-refractivity contribution in [2.24, 2.45) is 0 Å². The van der Waals surface area contributed by atoms with Crippen molar-refractivity contribution in [3.05, 3.63) is 22.7 Å². The van der Waals surface area contributed by atoms with Crippen LogP contribution in [0.4, 0.5) is 0 Å². The summed E-state index contributed by atoms with van der Waals surface area (Å²) in [6.45, 7) is 2.38. The van der Waals surface area contributed by atoms with E-state index < -0.39 is 12.1 Å². The molecule has 26 heavy (non-hydrogen) atoms. The van der Waals surface area contributed by atoms with Gasteiger partial charge in [-0.05, 0) is 31.9 Å². The number of benzene rings is 1. The number of carbonyl (C=O) groups is 2. The van der Waals surface area contributed by atoms with Crippen molar-refractivity contribution in [1.29, 1.82) is 0 Å². The molecule has 1 heterocycles. The minimum Gasteiger partial charge on any atom is -0.486 e. The zero-order valence-corrected chi connectivity index (χ0v) is 15.6. The summed E-state index contributed by atoms with van der Waals surface area (Å²) < 4.78 is 16.2. The summed E-state index contributed by atoms with van der Waals surface area (Å²) in [6, 6.07) is 3.15. The monoisotopic (exact) mass is 381 g/mol. The Morgan fingerprint density at radius 2 is 1.85 bits per heavy atom. The summed E-state index contributed by atoms with van der Waals surface area (Å²) in [4.78, 5) is 24.7. The molecule has 1 aliphatic carbocycles. The smallest absolute Gasteiger partial charge is 0.339 e. The quantitative estimate of drug-likeness (QED) is 0.638. The SMILES string of the molecule is C[C@H](OC(=O)c1cc(Cl)c2c(c1)OCCO2)C(=O)NC1CCCCCC1. The van der Waals surface area contributed by atoms with E-state index in [2.05, 4.69) is 5.32 Å². The highest BCUT2D eigenvalue weighted by Gasteiger charge is 2.24. The van der Waals surface area contributed by atoms with Crippen molar-refractivity contribution in [3.63, 3.8) is 0 Å². The van der Waals surface area contributed by atoms with E-state index in [9.17, 15) is 9.59 Å². The summed E-state index contributed by atoms with van der Waals surface area (Å²) in [5.74, 6) is -0.0545. The second-order valence-corrected chi connectivity index (χ2v) is 7.13. The molecule has 1 aromatic rings. The molecule has 1 N–H and O–H groups in total. The van der Waals surface area contributed by atoms with Gasteiger partial charge in [-0.3, -0.25) is 4.79 Å². The Morgan fingerprint density at radius 1 is 1.15 bits per heavy atom. The molecule has 3 rings (SSSR count). The van der Waals surface area contributed by atoms with Crippen molar-refractivity contribution in [1.82, 2.24) is 5.32 Å². The highest BCUT2D eigenvalue weighted by Crippen LogP contribution is 2.38. The van der Waals surface area contributed by atoms with Crippen LogP contribution in [0, 0.1) is 0 Å². The van der Waals surface area contributed by atoms with Crippen molar-refractivity contribution < 1.29 is 23.8 Å². The second kappa shape index (κ2) is 8.62. The standard InChI is InChI=1S/C19H24ClNO5/c1-12(18(22)21-14-6-4-2-3-5-7-14)26-19(23)13-10-15(20)17-16(11-13)24-8-9-25-17/h10-12,14H,2-9H2,1H3,(H,21,22)/t12-/m0/s1. The Labute approximate surface area is 158 Å². The molecular weight excluding hydrogens is 358 g/mol. The maximum Gasteiger partial charge on any atom is 0.339 e. The van der Waals surface area contributed by atoms with Gasteiger partial charge in [-0.25, -0.2) is 4.79 Å². The third kappa shape index (κ3) is 4.61. The molecule has 0 aromatic heterocycles. The van der Waals surface area contributed by atoms with Gasteiger partial charge in [0, 0.05) is 6.04 Å². The zero-order chi connectivity index (χ0) is 18.5. The van der Waals surface area contributed by atoms with Gasteiger partial charge < -0.3 is 19.5 Å². The zero-order valence-electron chi connectivity index (χ0n) is 14.9. The van der Waals surface area contributed by atoms with Crippen molar-refractivity contribution in [2.45, 2.75) is 57.6 Å². The summed E-state index contributed by atoms with van der Waals surface area (Å²) >= 11 is 6.14. The number of carbonyl (C=O) groups excluding carboxylic acids is 2. The number of halogens is 1. The molecule has 1 atom stereocenters. The average molecular weight is 382 g/mol. The highest BCUT2D eigenvalue weighted by molar-refractivity contribution is 6.32. The summed E-state index contributed by atoms with van der Waals surface area (Å²) in [5.41, 5.74) is 0.230. The lowest BCUT2D eigenvalue weighted by atomic mass is 10.1. The van der Waals surface area contributed by atoms with Crippen LogP contribution >= 0.6 is 11.6 Å². The van der Waals surface area contributed by atoms with Crippen LogP contribution in [0.25, 0.3) is 0 Å². The molecule has 1 fully saturated rings. The van der Waals surface area contributed by atoms with E-state index in [0.717, 1.165) is 25.7 Å². The van der Waals surface area contributed by atoms with Gasteiger partial charge in [-0.15, -0.1) is 0 Å². The maximum atomic E-state index is 12.4. The van der Waals surface area contributed by atoms with Gasteiger partial charge in [-0.1, -0.05) is 37.3 Å². The number of fused-ring (bicyclic) bond motifs is 1. The lowest BCUT2D eigenvalue weighted by Crippen LogP contribution is -2.41. The molecule has 1 aliphatic heterocycles. The lowest BCUT2D eigenvalue weighted by molar-refractivity contribution is -0.129. The third-order valence-electron chi connectivity index (χ3n) is 4.69. The molecule has 0 bridgehead atoms. The molecule has 0 saturated heterocycles. The third-order valence-corrected chi connectivity index (χ3v) is 4.97. The Bertz CT molecular complexity index is 670. The number of rotatable bonds is 4. The van der Waals surface area contributed by atoms with Crippen LogP contribution < -0.4 is 14.8 Å². The molecule has 0 radical (unpaired) electrons. The number of nitrogens with one attached hydrogen (secondary N) is 1. The van der Waals surface area contributed by atoms with Crippen LogP contribution in [0.15, 0.2) is 12.1 Å². The molecule has 0 unspecified atom stereocenters. The normalized spacial score (nSPS) is 18.5. The minimum absolute atomic E-state index is 0.162. The Morgan fingerprint density at radius 3 is 2.58 bits per heavy atom. The molecule has 1 amide bonds. The first-order valence-electron chi connectivity index (χ1n) is 9.15. The van der Waals surface area contributed by atoms with E-state index in [1.165, 1.54) is 25.0 Å². The minimum atomic E-state index is -0.877. The van der Waals surface area contributed by atoms with E-state index in [0.29, 0.717) is 24.7 Å². The predicted molar refractivity (Wildman–Crippen MR) is 97.0 cm³/mol. The lowest BCUT2D eigenvalue weighted by Gasteiger charge is -2.21. The molecule has 1 aromatic carbocycles. The van der Waals surface area contributed by atoms with Crippen molar-refractivity contribution in [2.75, 3.05) is 13.2 Å². The molecule has 2 aliphatic rings. The van der Waals surface area contributed by atoms with Gasteiger partial charge in [0.05, 0.1) is 10.6 Å². The van der Waals surface area contributed by atoms with Crippen LogP contribution in [-0.2, 0) is 9.53 Å². The van der Waals surface area contributed by atoms with Crippen LogP contribution in [0.5, 0.6) is 11.5 Å². The number of hydrogen-bond acceptors (Lipinski definition) is 5. The molecule has 1 saturated carbocycles. The Hall–Kier alpha value is -1.95. The molecule has 6 nitrogen and oxygen atoms in total. The molecular formula is C19H24ClNO5. The Balaban J connectivity index is 1.60. The fraction of sp³-hybridized carbons (Fsp3) is 0.579. The predicted octanol–water partition coefficient (Wildman–Crippen LogP) is 3.50. The van der Waals surface area contributed by atoms with Gasteiger partial charge in [-0.2, -0.15) is 0 Å². The van der Waals surface area contributed by atoms with Crippen LogP contribution in [-0.4, -0.2) is 37.2 Å². The maximum absolute atomic E-state index is 12.4. The molecule has 7 heteroatoms. The number of hydrogen-bond donors (Lipinski definition) is 1. The fourth-order valence-electron chi connectivity index (χ4n) is 3.25. The summed E-state index contributed by atoms with van der Waals surface area (Å²) in [7, 11) is 0. The first-order valence-corrected chi connectivity index (χ1v) is 9.53. The van der Waals surface area contributed by atoms with E-state index in [-0.39, 0.29) is 22.5 Å². The first-order chi connectivity index (χ1) is 12.5. The van der Waals surface area contributed by atoms with Crippen LogP contribution in [0.2, 0.25) is 5.02 Å². The first kappa shape index (κ1) is 18.8. The van der Waals surface area contributed by atoms with E-state index in [4.69, 9.17) is 25.8 Å². The van der Waals surface area contributed by atoms with Gasteiger partial charge in [0.25, 0.3) is 5.91 Å². The van der Waals surface area contributed by atoms with Crippen molar-refractivity contribution >= 4 is 23.5 Å².